The van der Waals surface area contributed by atoms with E-state index >= 15 is 0 Å². The van der Waals surface area contributed by atoms with E-state index in [1.165, 1.54) is 18.2 Å². The number of hydrogen-bond donors (Lipinski definition) is 0. The number of hydrogen-bond acceptors (Lipinski definition) is 6. The zero-order valence-electron chi connectivity index (χ0n) is 123. The minimum Gasteiger partial charge on any atom is -0.484 e. The molecule has 19 aromatic carbocycles. The highest BCUT2D eigenvalue weighted by Gasteiger charge is 2.42. The van der Waals surface area contributed by atoms with E-state index in [4.69, 9.17) is 52.0 Å². The van der Waals surface area contributed by atoms with Crippen molar-refractivity contribution < 1.29 is 83.2 Å². The third-order valence-electron chi connectivity index (χ3n) is 23.2. The van der Waals surface area contributed by atoms with E-state index in [0.717, 1.165) is 21.5 Å². The minimum absolute atomic E-state index is 0.0626. The molecular formula is C128H84N4O2. The molecule has 628 valence electrons. The number of pyridine rings is 4. The van der Waals surface area contributed by atoms with Crippen molar-refractivity contribution in [3.05, 3.63) is 507 Å². The molecule has 134 heavy (non-hydrogen) atoms. The van der Waals surface area contributed by atoms with Crippen LogP contribution < -0.4 is 0 Å². The maximum Gasteiger partial charge on any atom is 0.144 e. The van der Waals surface area contributed by atoms with Crippen LogP contribution in [0.4, 0.5) is 0 Å². The number of furan rings is 1. The first kappa shape index (κ1) is 41.5. The van der Waals surface area contributed by atoms with Crippen molar-refractivity contribution in [3.8, 4) is 112 Å². The predicted octanol–water partition coefficient (Wildman–Crippen LogP) is 34.3. The highest BCUT2D eigenvalue weighted by molar-refractivity contribution is 6.23. The number of nitrogens with zero attached hydrogens (tertiary/aromatic N) is 4. The summed E-state index contributed by atoms with van der Waals surface area (Å²) >= 11 is 0. The Morgan fingerprint density at radius 2 is 0.642 bits per heavy atom. The first-order valence-corrected chi connectivity index (χ1v) is 41.3. The van der Waals surface area contributed by atoms with Gasteiger partial charge in [-0.15, -0.1) is 0 Å². The smallest absolute Gasteiger partial charge is 0.144 e. The van der Waals surface area contributed by atoms with Crippen LogP contribution in [0.15, 0.2) is 478 Å². The van der Waals surface area contributed by atoms with E-state index in [9.17, 15) is 41.1 Å². The van der Waals surface area contributed by atoms with Gasteiger partial charge in [0.05, 0.1) is 113 Å². The average molecular weight is 1760 g/mol. The van der Waals surface area contributed by atoms with Gasteiger partial charge in [-0.05, 0) is 162 Å². The van der Waals surface area contributed by atoms with E-state index < -0.39 is 482 Å². The first-order chi connectivity index (χ1) is 88.9. The van der Waals surface area contributed by atoms with Gasteiger partial charge in [-0.3, -0.25) is 9.97 Å². The third kappa shape index (κ3) is 13.9. The molecule has 1 aliphatic heterocycles. The van der Waals surface area contributed by atoms with Crippen LogP contribution in [0, 0.1) is 0 Å². The molecule has 24 aromatic rings. The number of fused-ring (bicyclic) bond motifs is 11. The minimum atomic E-state index is -2.45. The Hall–Kier alpha value is -17.6. The molecule has 0 saturated heterocycles. The fraction of sp³-hybridized carbons (Fsp3) is 0.0156. The molecule has 5 aromatic heterocycles. The Kier molecular flexibility index (Phi) is 10.6. The monoisotopic (exact) mass is 1760 g/mol. The zero-order chi connectivity index (χ0) is 136. The van der Waals surface area contributed by atoms with E-state index in [1.807, 2.05) is 48.5 Å². The van der Waals surface area contributed by atoms with Crippen molar-refractivity contribution in [2.75, 3.05) is 0 Å². The van der Waals surface area contributed by atoms with Gasteiger partial charge in [0.25, 0.3) is 0 Å². The Morgan fingerprint density at radius 1 is 0.269 bits per heavy atom. The number of rotatable bonds is 16. The summed E-state index contributed by atoms with van der Waals surface area (Å²) in [7, 11) is 0. The van der Waals surface area contributed by atoms with Crippen molar-refractivity contribution in [1.29, 1.82) is 0 Å². The van der Waals surface area contributed by atoms with Gasteiger partial charge in [0.1, 0.15) is 23.4 Å². The second-order valence-electron chi connectivity index (χ2n) is 30.3. The Balaban J connectivity index is 0.000000189. The highest BCUT2D eigenvalue weighted by atomic mass is 16.5. The second-order valence-corrected chi connectivity index (χ2v) is 30.3. The molecule has 6 heteroatoms. The molecule has 0 N–H and O–H groups in total. The molecule has 6 nitrogen and oxygen atoms in total. The summed E-state index contributed by atoms with van der Waals surface area (Å²) in [5.41, 5.74) is -8.26. The molecule has 0 spiro atoms. The molecule has 0 radical (unpaired) electrons. The van der Waals surface area contributed by atoms with Crippen LogP contribution in [0.1, 0.15) is 119 Å². The van der Waals surface area contributed by atoms with Crippen molar-refractivity contribution in [3.63, 3.8) is 0 Å². The summed E-state index contributed by atoms with van der Waals surface area (Å²) in [4.78, 5) is 19.2. The second kappa shape index (κ2) is 34.1. The number of aromatic nitrogens is 4. The van der Waals surface area contributed by atoms with Crippen molar-refractivity contribution in [2.24, 2.45) is 0 Å². The zero-order valence-corrected chi connectivity index (χ0v) is 69.0. The molecule has 0 bridgehead atoms. The van der Waals surface area contributed by atoms with E-state index in [-0.39, 0.29) is 27.8 Å². The topological polar surface area (TPSA) is 73.9 Å². The quantitative estimate of drug-likeness (QED) is 0.0709. The largest absolute Gasteiger partial charge is 0.484 e. The first-order valence-electron chi connectivity index (χ1n) is 68.3. The summed E-state index contributed by atoms with van der Waals surface area (Å²) in [6.07, 6.45) is 3.73. The lowest BCUT2D eigenvalue weighted by Crippen LogP contribution is -2.11. The Bertz CT molecular complexity index is 12100. The van der Waals surface area contributed by atoms with Crippen LogP contribution in [-0.4, -0.2) is 19.9 Å². The molecule has 0 saturated carbocycles. The lowest BCUT2D eigenvalue weighted by molar-refractivity contribution is 0.182. The van der Waals surface area contributed by atoms with E-state index in [1.54, 1.807) is 79.1 Å². The normalized spacial score (nSPS) is 18.8. The van der Waals surface area contributed by atoms with Gasteiger partial charge in [0, 0.05) is 84.0 Å². The van der Waals surface area contributed by atoms with Crippen molar-refractivity contribution in [2.45, 2.75) is 12.0 Å². The third-order valence-corrected chi connectivity index (χ3v) is 23.2. The van der Waals surface area contributed by atoms with Crippen molar-refractivity contribution in [1.82, 2.24) is 19.9 Å². The van der Waals surface area contributed by atoms with Gasteiger partial charge in [0.15, 0.2) is 0 Å². The molecule has 0 aliphatic carbocycles. The lowest BCUT2D eigenvalue weighted by atomic mass is 9.78. The summed E-state index contributed by atoms with van der Waals surface area (Å²) in [5, 5.41) is -2.36. The van der Waals surface area contributed by atoms with Crippen LogP contribution in [-0.2, 0) is 4.74 Å². The van der Waals surface area contributed by atoms with Crippen LogP contribution in [0.25, 0.3) is 233 Å². The average Bonchev–Trinajstić information content (AvgIpc) is 1.40. The fourth-order valence-electron chi connectivity index (χ4n) is 17.5. The van der Waals surface area contributed by atoms with Gasteiger partial charge in [-0.2, -0.15) is 0 Å². The molecule has 0 fully saturated rings. The maximum absolute atomic E-state index is 10.4. The Morgan fingerprint density at radius 3 is 1.15 bits per heavy atom. The maximum atomic E-state index is 10.4. The SMILES string of the molecule is [2H]c1c([2H])c([2H])c(-c2c(-c3c([2H])c([2H])c([2H])c(-c4ccc(-c5ccc6ccc7cccnc7c6n5)c5ccccc45)c3[2H])oc(-c3c4c([2H])c([2H])c([2H])c([2H])c4c(-c4c([2H])c([2H])c([2H])c([2H])c4[2H])c4c([2H])c([2H])c([2H])c([2H])c34)c2-c2c([2H])c([2H])c([2H])c([2H])c2[2H])c([2H])c1[2H].[2H]c1c([2H])c([2H])c(C2=C(c3c([2H])c([2H])c(-c4ccc(-c5ccc6ccc7cccnc7c6n5)c(C=C)c4C=C)c([2H])c3[2H])OC(c3c4c([2H])c([2H])c([2H])c([2H])c4c(-c4c([2H])c([2H])c([2H])c([2H])c4[2H])c4c([2H])c([2H])c([2H])c([2H])c34)C2c2c([2H])c([2H])c([2H])c([2H])c2[2H])c([2H])c1[2H]. The fourth-order valence-corrected chi connectivity index (χ4v) is 17.5. The summed E-state index contributed by atoms with van der Waals surface area (Å²) in [6.45, 7) is 8.11. The molecule has 0 amide bonds. The molecule has 6 heterocycles. The summed E-state index contributed by atoms with van der Waals surface area (Å²) in [6, 6.07) is -19.2. The van der Waals surface area contributed by atoms with Crippen LogP contribution in [0.5, 0.6) is 0 Å². The molecule has 2 unspecified atom stereocenters. The van der Waals surface area contributed by atoms with Crippen LogP contribution in [0.2, 0.25) is 0 Å². The number of ether oxygens (including phenoxy) is 1. The summed E-state index contributed by atoms with van der Waals surface area (Å²) < 4.78 is 516. The molecule has 1 aliphatic rings. The van der Waals surface area contributed by atoms with E-state index in [0.29, 0.717) is 60.9 Å². The molecule has 2 atom stereocenters. The van der Waals surface area contributed by atoms with Gasteiger partial charge in [-0.25, -0.2) is 9.97 Å². The highest BCUT2D eigenvalue weighted by Crippen LogP contribution is 2.59. The van der Waals surface area contributed by atoms with Crippen LogP contribution >= 0.6 is 0 Å². The Labute approximate surface area is 852 Å². The summed E-state index contributed by atoms with van der Waals surface area (Å²) in [5.74, 6) is -5.30. The van der Waals surface area contributed by atoms with Gasteiger partial charge in [0.2, 0.25) is 0 Å². The molecular weight excluding hydrogens is 1630 g/mol. The van der Waals surface area contributed by atoms with Gasteiger partial charge in [-0.1, -0.05) is 443 Å². The lowest BCUT2D eigenvalue weighted by Gasteiger charge is -2.26. The number of benzene rings is 19. The van der Waals surface area contributed by atoms with Crippen LogP contribution in [0.3, 0.4) is 0 Å². The molecule has 25 rings (SSSR count). The van der Waals surface area contributed by atoms with Gasteiger partial charge < -0.3 is 9.15 Å². The standard InChI is InChI=1S/C64H40N2O.C64H44N2O/c1-4-18-41(19-5-1)57-52-29-12-14-31-54(52)60(55-32-15-13-30-53(55)57)64-59(43-22-8-3-9-23-43)58(42-20-6-2-7-21-42)63(67-64)47-25-16-24-46(40-47)48-36-37-51(50-28-11-10-27-49(48)50)56-38-35-45-34-33-44-26-17-39-65-61(44)62(45)66-56;1-3-48-49(4-2)51(56-39-36-46-33-32-45-25-18-40-65-61(45)62(46)66-56)38-37-50(48)41-30-34-47(35-31-41)63-58(43-21-10-6-11-22-43)59(44-23-12-7-13-24-44)64(67-63)60-54-28-16-14-26-52(54)57(42-19-8-5-9-20-42)53-27-15-17-29-55(53)60/h1-40H;3-40,59,64H,1-2H2/i1D,2D,3D,4D,5D,6D,7D,8D,9D,12D,13D,14D,15D,16D,18D,19D,20D,21D,22D,23D,24D,25D,29D,30D,31D,32D,40D;5D,6D,7D,8D,9D,10D,11D,12D,13D,14D,15D,16D,17D,19D,20D,21D,22D,23D,24D,26D,27D,28D,29D,30D,31D,34D,35D. The van der Waals surface area contributed by atoms with Gasteiger partial charge >= 0.3 is 0 Å². The van der Waals surface area contributed by atoms with Crippen molar-refractivity contribution >= 4 is 121 Å². The van der Waals surface area contributed by atoms with E-state index in [2.05, 4.69) is 23.1 Å². The predicted molar refractivity (Wildman–Crippen MR) is 561 cm³/mol.